The normalized spacial score (nSPS) is 19.7. The summed E-state index contributed by atoms with van der Waals surface area (Å²) < 4.78 is 5.61. The predicted molar refractivity (Wildman–Crippen MR) is 73.6 cm³/mol. The second-order valence-electron chi connectivity index (χ2n) is 5.10. The minimum atomic E-state index is -0.946. The Hall–Kier alpha value is -2.04. The molecule has 0 aliphatic carbocycles. The Bertz CT molecular complexity index is 514. The van der Waals surface area contributed by atoms with Crippen LogP contribution in [0, 0.1) is 6.92 Å². The van der Waals surface area contributed by atoms with E-state index in [4.69, 9.17) is 9.84 Å². The van der Waals surface area contributed by atoms with E-state index in [9.17, 15) is 9.59 Å². The van der Waals surface area contributed by atoms with Crippen molar-refractivity contribution in [1.82, 2.24) is 4.90 Å². The van der Waals surface area contributed by atoms with E-state index in [1.54, 1.807) is 13.0 Å². The molecule has 1 aromatic carbocycles. The molecule has 0 radical (unpaired) electrons. The lowest BCUT2D eigenvalue weighted by Gasteiger charge is -2.25. The number of aliphatic carboxylic acids is 1. The average Bonchev–Trinajstić information content (AvgIpc) is 2.87. The summed E-state index contributed by atoms with van der Waals surface area (Å²) in [6.45, 7) is 4.08. The molecule has 0 saturated carbocycles. The number of carboxylic acids is 1. The third-order valence-electron chi connectivity index (χ3n) is 3.47. The van der Waals surface area contributed by atoms with Crippen LogP contribution < -0.4 is 4.74 Å². The summed E-state index contributed by atoms with van der Waals surface area (Å²) in [4.78, 5) is 24.8. The Balaban J connectivity index is 2.03. The Labute approximate surface area is 118 Å². The highest BCUT2D eigenvalue weighted by molar-refractivity contribution is 5.87. The molecule has 20 heavy (non-hydrogen) atoms. The van der Waals surface area contributed by atoms with Gasteiger partial charge in [0.25, 0.3) is 5.91 Å². The van der Waals surface area contributed by atoms with Crippen LogP contribution in [0.3, 0.4) is 0 Å². The molecule has 1 N–H and O–H groups in total. The molecule has 108 valence electrons. The van der Waals surface area contributed by atoms with Crippen LogP contribution in [-0.4, -0.2) is 40.6 Å². The van der Waals surface area contributed by atoms with Gasteiger partial charge in [0.2, 0.25) is 0 Å². The second kappa shape index (κ2) is 5.94. The summed E-state index contributed by atoms with van der Waals surface area (Å²) in [6, 6.07) is 6.72. The summed E-state index contributed by atoms with van der Waals surface area (Å²) in [5, 5.41) is 9.11. The van der Waals surface area contributed by atoms with Gasteiger partial charge in [-0.25, -0.2) is 4.79 Å². The maximum atomic E-state index is 12.3. The zero-order chi connectivity index (χ0) is 14.7. The van der Waals surface area contributed by atoms with E-state index in [2.05, 4.69) is 0 Å². The van der Waals surface area contributed by atoms with Crippen LogP contribution in [0.5, 0.6) is 5.75 Å². The van der Waals surface area contributed by atoms with Crippen LogP contribution in [0.25, 0.3) is 0 Å². The van der Waals surface area contributed by atoms with Gasteiger partial charge in [-0.2, -0.15) is 0 Å². The number of carboxylic acid groups (broad SMARTS) is 1. The van der Waals surface area contributed by atoms with Crippen molar-refractivity contribution in [3.63, 3.8) is 0 Å². The molecule has 1 saturated heterocycles. The van der Waals surface area contributed by atoms with Crippen molar-refractivity contribution in [1.29, 1.82) is 0 Å². The third kappa shape index (κ3) is 3.10. The van der Waals surface area contributed by atoms with Gasteiger partial charge in [0, 0.05) is 6.54 Å². The molecule has 1 amide bonds. The molecule has 1 aromatic rings. The van der Waals surface area contributed by atoms with E-state index in [-0.39, 0.29) is 5.91 Å². The van der Waals surface area contributed by atoms with E-state index in [0.29, 0.717) is 18.7 Å². The van der Waals surface area contributed by atoms with Gasteiger partial charge in [0.05, 0.1) is 0 Å². The number of carbonyl (C=O) groups is 2. The topological polar surface area (TPSA) is 66.8 Å². The SMILES string of the molecule is Cc1cccc(O[C@@H](C)C(=O)N2CCC[C@@H]2C(=O)O)c1. The fourth-order valence-electron chi connectivity index (χ4n) is 2.46. The average molecular weight is 277 g/mol. The zero-order valence-electron chi connectivity index (χ0n) is 11.7. The highest BCUT2D eigenvalue weighted by atomic mass is 16.5. The van der Waals surface area contributed by atoms with Crippen molar-refractivity contribution in [3.8, 4) is 5.75 Å². The quantitative estimate of drug-likeness (QED) is 0.912. The first-order valence-corrected chi connectivity index (χ1v) is 6.75. The summed E-state index contributed by atoms with van der Waals surface area (Å²) in [6.07, 6.45) is 0.551. The Kier molecular flexibility index (Phi) is 4.27. The summed E-state index contributed by atoms with van der Waals surface area (Å²) in [5.41, 5.74) is 1.05. The molecular weight excluding hydrogens is 258 g/mol. The van der Waals surface area contributed by atoms with Gasteiger partial charge in [0.15, 0.2) is 6.10 Å². The lowest BCUT2D eigenvalue weighted by atomic mass is 10.2. The molecule has 0 bridgehead atoms. The number of carbonyl (C=O) groups excluding carboxylic acids is 1. The number of nitrogens with zero attached hydrogens (tertiary/aromatic N) is 1. The Morgan fingerprint density at radius 1 is 1.45 bits per heavy atom. The zero-order valence-corrected chi connectivity index (χ0v) is 11.7. The van der Waals surface area contributed by atoms with Crippen molar-refractivity contribution in [2.45, 2.75) is 38.8 Å². The van der Waals surface area contributed by atoms with Crippen LogP contribution in [-0.2, 0) is 9.59 Å². The van der Waals surface area contributed by atoms with Gasteiger partial charge < -0.3 is 14.7 Å². The van der Waals surface area contributed by atoms with E-state index in [0.717, 1.165) is 12.0 Å². The van der Waals surface area contributed by atoms with Crippen molar-refractivity contribution in [2.24, 2.45) is 0 Å². The number of amides is 1. The van der Waals surface area contributed by atoms with Gasteiger partial charge >= 0.3 is 5.97 Å². The number of hydrogen-bond donors (Lipinski definition) is 1. The van der Waals surface area contributed by atoms with Gasteiger partial charge in [-0.3, -0.25) is 4.79 Å². The second-order valence-corrected chi connectivity index (χ2v) is 5.10. The molecule has 0 spiro atoms. The van der Waals surface area contributed by atoms with Gasteiger partial charge in [-0.05, 0) is 44.4 Å². The summed E-state index contributed by atoms with van der Waals surface area (Å²) in [7, 11) is 0. The first-order chi connectivity index (χ1) is 9.49. The number of aryl methyl sites for hydroxylation is 1. The number of hydrogen-bond acceptors (Lipinski definition) is 3. The highest BCUT2D eigenvalue weighted by Crippen LogP contribution is 2.20. The van der Waals surface area contributed by atoms with Crippen molar-refractivity contribution < 1.29 is 19.4 Å². The molecule has 2 atom stereocenters. The molecule has 5 nitrogen and oxygen atoms in total. The van der Waals surface area contributed by atoms with Crippen molar-refractivity contribution in [2.75, 3.05) is 6.54 Å². The van der Waals surface area contributed by atoms with Gasteiger partial charge in [0.1, 0.15) is 11.8 Å². The van der Waals surface area contributed by atoms with E-state index in [1.807, 2.05) is 25.1 Å². The lowest BCUT2D eigenvalue weighted by Crippen LogP contribution is -2.46. The molecule has 1 aliphatic rings. The number of rotatable bonds is 4. The van der Waals surface area contributed by atoms with Crippen LogP contribution in [0.1, 0.15) is 25.3 Å². The predicted octanol–water partition coefficient (Wildman–Crippen LogP) is 1.84. The fourth-order valence-corrected chi connectivity index (χ4v) is 2.46. The standard InChI is InChI=1S/C15H19NO4/c1-10-5-3-6-12(9-10)20-11(2)14(17)16-8-4-7-13(16)15(18)19/h3,5-6,9,11,13H,4,7-8H2,1-2H3,(H,18,19)/t11-,13+/m0/s1. The smallest absolute Gasteiger partial charge is 0.326 e. The first-order valence-electron chi connectivity index (χ1n) is 6.75. The molecule has 5 heteroatoms. The van der Waals surface area contributed by atoms with E-state index < -0.39 is 18.1 Å². The van der Waals surface area contributed by atoms with Crippen LogP contribution in [0.4, 0.5) is 0 Å². The minimum Gasteiger partial charge on any atom is -0.481 e. The molecule has 0 aromatic heterocycles. The number of likely N-dealkylation sites (tertiary alicyclic amines) is 1. The number of ether oxygens (including phenoxy) is 1. The highest BCUT2D eigenvalue weighted by Gasteiger charge is 2.36. The Morgan fingerprint density at radius 3 is 2.85 bits per heavy atom. The minimum absolute atomic E-state index is 0.267. The van der Waals surface area contributed by atoms with Gasteiger partial charge in [-0.15, -0.1) is 0 Å². The fraction of sp³-hybridized carbons (Fsp3) is 0.467. The molecule has 0 unspecified atom stereocenters. The van der Waals surface area contributed by atoms with E-state index >= 15 is 0 Å². The van der Waals surface area contributed by atoms with Crippen molar-refractivity contribution >= 4 is 11.9 Å². The molecule has 1 fully saturated rings. The van der Waals surface area contributed by atoms with Gasteiger partial charge in [-0.1, -0.05) is 12.1 Å². The molecular formula is C15H19NO4. The molecule has 1 heterocycles. The summed E-state index contributed by atoms with van der Waals surface area (Å²) in [5.74, 6) is -0.591. The monoisotopic (exact) mass is 277 g/mol. The number of benzene rings is 1. The first kappa shape index (κ1) is 14.4. The maximum Gasteiger partial charge on any atom is 0.326 e. The van der Waals surface area contributed by atoms with E-state index in [1.165, 1.54) is 4.90 Å². The lowest BCUT2D eigenvalue weighted by molar-refractivity contribution is -0.150. The summed E-state index contributed by atoms with van der Waals surface area (Å²) >= 11 is 0. The largest absolute Gasteiger partial charge is 0.481 e. The van der Waals surface area contributed by atoms with Crippen LogP contribution >= 0.6 is 0 Å². The van der Waals surface area contributed by atoms with Crippen LogP contribution in [0.2, 0.25) is 0 Å². The van der Waals surface area contributed by atoms with Crippen molar-refractivity contribution in [3.05, 3.63) is 29.8 Å². The Morgan fingerprint density at radius 2 is 2.20 bits per heavy atom. The molecule has 1 aliphatic heterocycles. The third-order valence-corrected chi connectivity index (χ3v) is 3.47. The maximum absolute atomic E-state index is 12.3. The van der Waals surface area contributed by atoms with Crippen LogP contribution in [0.15, 0.2) is 24.3 Å². The molecule has 2 rings (SSSR count).